The molecule has 1 aromatic carbocycles. The van der Waals surface area contributed by atoms with E-state index in [-0.39, 0.29) is 0 Å². The number of methoxy groups -OCH3 is 1. The van der Waals surface area contributed by atoms with Gasteiger partial charge < -0.3 is 10.1 Å². The topological polar surface area (TPSA) is 21.3 Å². The van der Waals surface area contributed by atoms with Gasteiger partial charge >= 0.3 is 0 Å². The molecule has 0 saturated carbocycles. The normalized spacial score (nSPS) is 12.7. The molecule has 108 valence electrons. The molecule has 0 amide bonds. The average Bonchev–Trinajstić information content (AvgIpc) is 2.42. The summed E-state index contributed by atoms with van der Waals surface area (Å²) in [4.78, 5) is 0. The fraction of sp³-hybridized carbons (Fsp3) is 0.625. The van der Waals surface area contributed by atoms with Crippen molar-refractivity contribution in [3.63, 3.8) is 0 Å². The van der Waals surface area contributed by atoms with Crippen LogP contribution in [0.5, 0.6) is 5.75 Å². The summed E-state index contributed by atoms with van der Waals surface area (Å²) < 4.78 is 5.47. The van der Waals surface area contributed by atoms with Crippen LogP contribution in [0.15, 0.2) is 24.3 Å². The minimum absolute atomic E-state index is 0.373. The lowest BCUT2D eigenvalue weighted by Crippen LogP contribution is -2.23. The molecule has 0 aliphatic carbocycles. The number of nitrogens with one attached hydrogen (secondary N) is 1. The smallest absolute Gasteiger partial charge is 0.123 e. The van der Waals surface area contributed by atoms with Crippen molar-refractivity contribution >= 4 is 11.8 Å². The van der Waals surface area contributed by atoms with Crippen LogP contribution < -0.4 is 10.1 Å². The largest absolute Gasteiger partial charge is 0.496 e. The Bertz CT molecular complexity index is 354. The summed E-state index contributed by atoms with van der Waals surface area (Å²) >= 11 is 2.03. The maximum absolute atomic E-state index is 5.47. The summed E-state index contributed by atoms with van der Waals surface area (Å²) in [6.07, 6.45) is 1.29. The predicted octanol–water partition coefficient (Wildman–Crippen LogP) is 4.13. The summed E-state index contributed by atoms with van der Waals surface area (Å²) in [6, 6.07) is 8.68. The molecule has 0 radical (unpaired) electrons. The number of rotatable bonds is 9. The van der Waals surface area contributed by atoms with Crippen LogP contribution in [0.25, 0.3) is 0 Å². The quantitative estimate of drug-likeness (QED) is 0.688. The minimum atomic E-state index is 0.373. The van der Waals surface area contributed by atoms with Gasteiger partial charge in [-0.25, -0.2) is 0 Å². The molecule has 0 aliphatic rings. The molecule has 19 heavy (non-hydrogen) atoms. The highest BCUT2D eigenvalue weighted by atomic mass is 32.2. The number of hydrogen-bond donors (Lipinski definition) is 1. The van der Waals surface area contributed by atoms with E-state index in [1.807, 2.05) is 23.9 Å². The second kappa shape index (κ2) is 9.27. The van der Waals surface area contributed by atoms with Crippen molar-refractivity contribution in [1.82, 2.24) is 5.32 Å². The highest BCUT2D eigenvalue weighted by molar-refractivity contribution is 7.99. The Balaban J connectivity index is 2.60. The Hall–Kier alpha value is -0.670. The molecule has 1 N–H and O–H groups in total. The fourth-order valence-electron chi connectivity index (χ4n) is 1.98. The first-order valence-electron chi connectivity index (χ1n) is 7.13. The summed E-state index contributed by atoms with van der Waals surface area (Å²) in [5, 5.41) is 3.56. The highest BCUT2D eigenvalue weighted by Crippen LogP contribution is 2.27. The summed E-state index contributed by atoms with van der Waals surface area (Å²) in [7, 11) is 1.74. The Kier molecular flexibility index (Phi) is 7.99. The van der Waals surface area contributed by atoms with Crippen LogP contribution >= 0.6 is 11.8 Å². The molecule has 0 bridgehead atoms. The first-order valence-corrected chi connectivity index (χ1v) is 8.28. The summed E-state index contributed by atoms with van der Waals surface area (Å²) in [5.74, 6) is 4.10. The molecule has 1 unspecified atom stereocenters. The van der Waals surface area contributed by atoms with Gasteiger partial charge in [0, 0.05) is 17.4 Å². The first-order chi connectivity index (χ1) is 9.19. The van der Waals surface area contributed by atoms with Gasteiger partial charge in [-0.05, 0) is 30.7 Å². The number of para-hydroxylation sites is 1. The molecule has 0 heterocycles. The zero-order chi connectivity index (χ0) is 14.1. The third-order valence-corrected chi connectivity index (χ3v) is 4.18. The van der Waals surface area contributed by atoms with Crippen LogP contribution in [-0.2, 0) is 0 Å². The van der Waals surface area contributed by atoms with E-state index in [1.165, 1.54) is 17.7 Å². The number of ether oxygens (including phenoxy) is 1. The first kappa shape index (κ1) is 16.4. The lowest BCUT2D eigenvalue weighted by Gasteiger charge is -2.20. The van der Waals surface area contributed by atoms with E-state index >= 15 is 0 Å². The van der Waals surface area contributed by atoms with Crippen LogP contribution in [0.4, 0.5) is 0 Å². The van der Waals surface area contributed by atoms with Gasteiger partial charge in [-0.1, -0.05) is 39.0 Å². The number of thioether (sulfide) groups is 1. The van der Waals surface area contributed by atoms with E-state index in [0.29, 0.717) is 6.04 Å². The zero-order valence-electron chi connectivity index (χ0n) is 12.6. The van der Waals surface area contributed by atoms with Crippen molar-refractivity contribution in [3.8, 4) is 5.75 Å². The molecule has 0 aromatic heterocycles. The van der Waals surface area contributed by atoms with Gasteiger partial charge in [-0.2, -0.15) is 11.8 Å². The minimum Gasteiger partial charge on any atom is -0.496 e. The highest BCUT2D eigenvalue weighted by Gasteiger charge is 2.14. The van der Waals surface area contributed by atoms with Crippen molar-refractivity contribution < 1.29 is 4.74 Å². The second-order valence-corrected chi connectivity index (χ2v) is 6.26. The van der Waals surface area contributed by atoms with E-state index in [2.05, 4.69) is 38.2 Å². The molecule has 1 aromatic rings. The molecule has 0 spiro atoms. The second-order valence-electron chi connectivity index (χ2n) is 5.11. The molecule has 3 heteroatoms. The maximum Gasteiger partial charge on any atom is 0.123 e. The molecule has 2 nitrogen and oxygen atoms in total. The van der Waals surface area contributed by atoms with Crippen molar-refractivity contribution in [1.29, 1.82) is 0 Å². The van der Waals surface area contributed by atoms with Crippen LogP contribution in [0.1, 0.15) is 38.8 Å². The lowest BCUT2D eigenvalue weighted by molar-refractivity contribution is 0.403. The van der Waals surface area contributed by atoms with Gasteiger partial charge in [0.25, 0.3) is 0 Å². The monoisotopic (exact) mass is 281 g/mol. The standard InChI is InChI=1S/C16H27NOS/c1-5-17-15(12-19-11-10-13(2)3)14-8-6-7-9-16(14)18-4/h6-9,13,15,17H,5,10-12H2,1-4H3. The molecular formula is C16H27NOS. The van der Waals surface area contributed by atoms with Gasteiger partial charge in [-0.3, -0.25) is 0 Å². The predicted molar refractivity (Wildman–Crippen MR) is 86.2 cm³/mol. The third kappa shape index (κ3) is 5.87. The number of hydrogen-bond acceptors (Lipinski definition) is 3. The lowest BCUT2D eigenvalue weighted by atomic mass is 10.1. The number of benzene rings is 1. The SMILES string of the molecule is CCNC(CSCCC(C)C)c1ccccc1OC. The van der Waals surface area contributed by atoms with E-state index in [9.17, 15) is 0 Å². The van der Waals surface area contributed by atoms with Crippen LogP contribution in [0, 0.1) is 5.92 Å². The van der Waals surface area contributed by atoms with E-state index in [0.717, 1.165) is 24.0 Å². The van der Waals surface area contributed by atoms with Crippen LogP contribution in [0.2, 0.25) is 0 Å². The van der Waals surface area contributed by atoms with Gasteiger partial charge in [-0.15, -0.1) is 0 Å². The molecule has 0 aliphatic heterocycles. The average molecular weight is 281 g/mol. The summed E-state index contributed by atoms with van der Waals surface area (Å²) in [6.45, 7) is 7.69. The molecule has 0 saturated heterocycles. The molecule has 1 atom stereocenters. The van der Waals surface area contributed by atoms with Crippen molar-refractivity contribution in [2.45, 2.75) is 33.2 Å². The van der Waals surface area contributed by atoms with E-state index in [4.69, 9.17) is 4.74 Å². The van der Waals surface area contributed by atoms with Gasteiger partial charge in [0.2, 0.25) is 0 Å². The maximum atomic E-state index is 5.47. The molecular weight excluding hydrogens is 254 g/mol. The summed E-state index contributed by atoms with van der Waals surface area (Å²) in [5.41, 5.74) is 1.27. The van der Waals surface area contributed by atoms with Crippen LogP contribution in [0.3, 0.4) is 0 Å². The van der Waals surface area contributed by atoms with E-state index in [1.54, 1.807) is 7.11 Å². The Morgan fingerprint density at radius 2 is 2.00 bits per heavy atom. The van der Waals surface area contributed by atoms with E-state index < -0.39 is 0 Å². The zero-order valence-corrected chi connectivity index (χ0v) is 13.4. The van der Waals surface area contributed by atoms with Crippen LogP contribution in [-0.4, -0.2) is 25.2 Å². The fourth-order valence-corrected chi connectivity index (χ4v) is 3.32. The molecule has 0 fully saturated rings. The van der Waals surface area contributed by atoms with Crippen molar-refractivity contribution in [2.75, 3.05) is 25.2 Å². The Morgan fingerprint density at radius 1 is 1.26 bits per heavy atom. The van der Waals surface area contributed by atoms with Crippen molar-refractivity contribution in [3.05, 3.63) is 29.8 Å². The van der Waals surface area contributed by atoms with Gasteiger partial charge in [0.1, 0.15) is 5.75 Å². The third-order valence-electron chi connectivity index (χ3n) is 3.09. The van der Waals surface area contributed by atoms with Crippen molar-refractivity contribution in [2.24, 2.45) is 5.92 Å². The Morgan fingerprint density at radius 3 is 2.63 bits per heavy atom. The molecule has 1 rings (SSSR count). The van der Waals surface area contributed by atoms with Gasteiger partial charge in [0.15, 0.2) is 0 Å². The Labute approximate surface area is 122 Å². The van der Waals surface area contributed by atoms with Gasteiger partial charge in [0.05, 0.1) is 7.11 Å².